The second-order valence-corrected chi connectivity index (χ2v) is 8.04. The first kappa shape index (κ1) is 23.2. The number of nitrogens with zero attached hydrogens (tertiary/aromatic N) is 2. The fourth-order valence-corrected chi connectivity index (χ4v) is 3.43. The van der Waals surface area contributed by atoms with E-state index in [4.69, 9.17) is 14.2 Å². The van der Waals surface area contributed by atoms with Crippen molar-refractivity contribution in [3.8, 4) is 22.9 Å². The standard InChI is InChI=1S/C25H34N2O4/c1-3-5-7-8-9-10-16-29-21-17-26-24(27-18-21)19-12-14-20(15-13-19)30-25(28)23-22(31-23)11-6-4-2/h12-15,17-18,22-23H,3-11,16H2,1-2H3/t22-,23-/m0/s1. The smallest absolute Gasteiger partial charge is 0.343 e. The Morgan fingerprint density at radius 1 is 0.903 bits per heavy atom. The van der Waals surface area contributed by atoms with Crippen LogP contribution in [0.2, 0.25) is 0 Å². The van der Waals surface area contributed by atoms with Crippen molar-refractivity contribution >= 4 is 5.97 Å². The van der Waals surface area contributed by atoms with Gasteiger partial charge < -0.3 is 14.2 Å². The molecule has 0 unspecified atom stereocenters. The highest BCUT2D eigenvalue weighted by atomic mass is 16.6. The fraction of sp³-hybridized carbons (Fsp3) is 0.560. The van der Waals surface area contributed by atoms with Crippen LogP contribution < -0.4 is 9.47 Å². The van der Waals surface area contributed by atoms with E-state index in [0.717, 1.165) is 31.2 Å². The summed E-state index contributed by atoms with van der Waals surface area (Å²) in [5.74, 6) is 1.47. The first-order valence-electron chi connectivity index (χ1n) is 11.6. The Bertz CT molecular complexity index is 792. The van der Waals surface area contributed by atoms with Crippen molar-refractivity contribution in [3.05, 3.63) is 36.7 Å². The molecule has 1 fully saturated rings. The van der Waals surface area contributed by atoms with E-state index in [2.05, 4.69) is 23.8 Å². The summed E-state index contributed by atoms with van der Waals surface area (Å²) in [5.41, 5.74) is 0.853. The molecule has 2 atom stereocenters. The van der Waals surface area contributed by atoms with E-state index in [1.165, 1.54) is 32.1 Å². The second-order valence-electron chi connectivity index (χ2n) is 8.04. The Hall–Kier alpha value is -2.47. The maximum Gasteiger partial charge on any atom is 0.343 e. The topological polar surface area (TPSA) is 73.8 Å². The SMILES string of the molecule is CCCCCCCCOc1cnc(-c2ccc(OC(=O)[C@H]3O[C@H]3CCCC)cc2)nc1. The van der Waals surface area contributed by atoms with Crippen molar-refractivity contribution < 1.29 is 19.0 Å². The predicted octanol–water partition coefficient (Wildman–Crippen LogP) is 5.75. The van der Waals surface area contributed by atoms with Crippen LogP contribution in [0.15, 0.2) is 36.7 Å². The highest BCUT2D eigenvalue weighted by molar-refractivity contribution is 5.80. The molecule has 1 aliphatic heterocycles. The molecule has 0 N–H and O–H groups in total. The minimum absolute atomic E-state index is 0.0157. The van der Waals surface area contributed by atoms with Gasteiger partial charge >= 0.3 is 5.97 Å². The molecule has 2 heterocycles. The number of carbonyl (C=O) groups is 1. The Balaban J connectivity index is 1.41. The molecule has 168 valence electrons. The van der Waals surface area contributed by atoms with Gasteiger partial charge in [0.1, 0.15) is 5.75 Å². The second kappa shape index (κ2) is 12.4. The first-order valence-corrected chi connectivity index (χ1v) is 11.6. The van der Waals surface area contributed by atoms with E-state index in [-0.39, 0.29) is 12.1 Å². The highest BCUT2D eigenvalue weighted by Gasteiger charge is 2.45. The third-order valence-corrected chi connectivity index (χ3v) is 5.38. The summed E-state index contributed by atoms with van der Waals surface area (Å²) in [6, 6.07) is 7.19. The van der Waals surface area contributed by atoms with Gasteiger partial charge in [-0.05, 0) is 37.1 Å². The van der Waals surface area contributed by atoms with Crippen molar-refractivity contribution in [2.45, 2.75) is 83.8 Å². The van der Waals surface area contributed by atoms with Crippen LogP contribution in [0.3, 0.4) is 0 Å². The average Bonchev–Trinajstić information content (AvgIpc) is 3.58. The van der Waals surface area contributed by atoms with Crippen LogP contribution in [0, 0.1) is 0 Å². The third-order valence-electron chi connectivity index (χ3n) is 5.38. The number of hydrogen-bond acceptors (Lipinski definition) is 6. The van der Waals surface area contributed by atoms with E-state index in [0.29, 0.717) is 23.9 Å². The van der Waals surface area contributed by atoms with Gasteiger partial charge in [-0.25, -0.2) is 14.8 Å². The molecule has 1 aromatic carbocycles. The van der Waals surface area contributed by atoms with Gasteiger partial charge in [-0.3, -0.25) is 0 Å². The van der Waals surface area contributed by atoms with E-state index < -0.39 is 6.10 Å². The molecule has 0 amide bonds. The maximum atomic E-state index is 12.1. The Kier molecular flexibility index (Phi) is 9.28. The first-order chi connectivity index (χ1) is 15.2. The van der Waals surface area contributed by atoms with Crippen LogP contribution in [-0.2, 0) is 9.53 Å². The zero-order valence-electron chi connectivity index (χ0n) is 18.7. The number of epoxide rings is 1. The van der Waals surface area contributed by atoms with E-state index >= 15 is 0 Å². The quantitative estimate of drug-likeness (QED) is 0.166. The zero-order valence-corrected chi connectivity index (χ0v) is 18.7. The molecular weight excluding hydrogens is 392 g/mol. The number of esters is 1. The minimum atomic E-state index is -0.418. The Morgan fingerprint density at radius 2 is 1.58 bits per heavy atom. The molecule has 31 heavy (non-hydrogen) atoms. The average molecular weight is 427 g/mol. The van der Waals surface area contributed by atoms with Crippen LogP contribution in [0.5, 0.6) is 11.5 Å². The lowest BCUT2D eigenvalue weighted by atomic mass is 10.1. The van der Waals surface area contributed by atoms with Gasteiger partial charge in [-0.15, -0.1) is 0 Å². The molecule has 3 rings (SSSR count). The molecule has 6 heteroatoms. The van der Waals surface area contributed by atoms with Crippen LogP contribution in [0.4, 0.5) is 0 Å². The molecule has 1 aromatic heterocycles. The summed E-state index contributed by atoms with van der Waals surface area (Å²) in [5, 5.41) is 0. The number of hydrogen-bond donors (Lipinski definition) is 0. The van der Waals surface area contributed by atoms with Crippen LogP contribution >= 0.6 is 0 Å². The zero-order chi connectivity index (χ0) is 21.9. The molecule has 0 bridgehead atoms. The summed E-state index contributed by atoms with van der Waals surface area (Å²) in [7, 11) is 0. The van der Waals surface area contributed by atoms with E-state index in [1.54, 1.807) is 24.5 Å². The van der Waals surface area contributed by atoms with E-state index in [9.17, 15) is 4.79 Å². The summed E-state index contributed by atoms with van der Waals surface area (Å²) in [6.45, 7) is 5.04. The van der Waals surface area contributed by atoms with Crippen molar-refractivity contribution in [3.63, 3.8) is 0 Å². The lowest BCUT2D eigenvalue weighted by Crippen LogP contribution is -2.17. The highest BCUT2D eigenvalue weighted by Crippen LogP contribution is 2.29. The van der Waals surface area contributed by atoms with Crippen LogP contribution in [-0.4, -0.2) is 34.8 Å². The van der Waals surface area contributed by atoms with E-state index in [1.807, 2.05) is 12.1 Å². The minimum Gasteiger partial charge on any atom is -0.490 e. The number of rotatable bonds is 14. The van der Waals surface area contributed by atoms with Crippen LogP contribution in [0.1, 0.15) is 71.6 Å². The number of ether oxygens (including phenoxy) is 3. The van der Waals surface area contributed by atoms with Crippen molar-refractivity contribution in [1.82, 2.24) is 9.97 Å². The van der Waals surface area contributed by atoms with Gasteiger partial charge in [-0.2, -0.15) is 0 Å². The monoisotopic (exact) mass is 426 g/mol. The van der Waals surface area contributed by atoms with Crippen molar-refractivity contribution in [1.29, 1.82) is 0 Å². The fourth-order valence-electron chi connectivity index (χ4n) is 3.43. The largest absolute Gasteiger partial charge is 0.490 e. The normalized spacial score (nSPS) is 17.4. The van der Waals surface area contributed by atoms with Crippen molar-refractivity contribution in [2.24, 2.45) is 0 Å². The Labute approximate surface area is 185 Å². The molecule has 1 saturated heterocycles. The number of unbranched alkanes of at least 4 members (excludes halogenated alkanes) is 6. The van der Waals surface area contributed by atoms with Gasteiger partial charge in [0.15, 0.2) is 17.7 Å². The molecular formula is C25H34N2O4. The lowest BCUT2D eigenvalue weighted by molar-refractivity contribution is -0.135. The molecule has 1 aliphatic rings. The third kappa shape index (κ3) is 7.62. The van der Waals surface area contributed by atoms with Gasteiger partial charge in [0, 0.05) is 5.56 Å². The lowest BCUT2D eigenvalue weighted by Gasteiger charge is -2.07. The molecule has 0 saturated carbocycles. The molecule has 0 spiro atoms. The van der Waals surface area contributed by atoms with Gasteiger partial charge in [0.2, 0.25) is 0 Å². The summed E-state index contributed by atoms with van der Waals surface area (Å²) >= 11 is 0. The summed E-state index contributed by atoms with van der Waals surface area (Å²) in [4.78, 5) is 20.9. The van der Waals surface area contributed by atoms with Gasteiger partial charge in [-0.1, -0.05) is 58.8 Å². The summed E-state index contributed by atoms with van der Waals surface area (Å²) in [6.07, 6.45) is 13.5. The summed E-state index contributed by atoms with van der Waals surface area (Å²) < 4.78 is 16.6. The maximum absolute atomic E-state index is 12.1. The van der Waals surface area contributed by atoms with Crippen LogP contribution in [0.25, 0.3) is 11.4 Å². The number of carbonyl (C=O) groups excluding carboxylic acids is 1. The molecule has 6 nitrogen and oxygen atoms in total. The number of benzene rings is 1. The number of aromatic nitrogens is 2. The van der Waals surface area contributed by atoms with Gasteiger partial charge in [0.05, 0.1) is 25.1 Å². The molecule has 2 aromatic rings. The Morgan fingerprint density at radius 3 is 2.29 bits per heavy atom. The predicted molar refractivity (Wildman–Crippen MR) is 120 cm³/mol. The molecule has 0 aliphatic carbocycles. The van der Waals surface area contributed by atoms with Gasteiger partial charge in [0.25, 0.3) is 0 Å². The molecule has 0 radical (unpaired) electrons. The van der Waals surface area contributed by atoms with Crippen molar-refractivity contribution in [2.75, 3.05) is 6.61 Å².